The monoisotopic (exact) mass is 344 g/mol. The van der Waals surface area contributed by atoms with Crippen molar-refractivity contribution in [2.75, 3.05) is 12.4 Å². The number of anilines is 1. The van der Waals surface area contributed by atoms with Crippen molar-refractivity contribution in [1.29, 1.82) is 5.26 Å². The molecule has 0 bridgehead atoms. The van der Waals surface area contributed by atoms with Crippen molar-refractivity contribution in [2.24, 2.45) is 0 Å². The van der Waals surface area contributed by atoms with Crippen molar-refractivity contribution < 1.29 is 9.53 Å². The van der Waals surface area contributed by atoms with Crippen LogP contribution in [0.15, 0.2) is 16.6 Å². The molecule has 0 aliphatic heterocycles. The predicted molar refractivity (Wildman–Crippen MR) is 78.2 cm³/mol. The van der Waals surface area contributed by atoms with Crippen molar-refractivity contribution in [3.63, 3.8) is 0 Å². The summed E-state index contributed by atoms with van der Waals surface area (Å²) in [6.45, 7) is 3.62. The van der Waals surface area contributed by atoms with E-state index in [1.807, 2.05) is 19.9 Å². The van der Waals surface area contributed by atoms with Crippen LogP contribution in [-0.2, 0) is 9.53 Å². The van der Waals surface area contributed by atoms with Crippen molar-refractivity contribution in [3.8, 4) is 6.07 Å². The highest BCUT2D eigenvalue weighted by Crippen LogP contribution is 2.31. The molecule has 0 unspecified atom stereocenters. The van der Waals surface area contributed by atoms with Crippen LogP contribution in [0, 0.1) is 11.3 Å². The lowest BCUT2D eigenvalue weighted by molar-refractivity contribution is -0.121. The molecule has 0 aromatic heterocycles. The van der Waals surface area contributed by atoms with E-state index in [0.717, 1.165) is 0 Å². The van der Waals surface area contributed by atoms with Gasteiger partial charge in [0.15, 0.2) is 0 Å². The minimum absolute atomic E-state index is 0.183. The van der Waals surface area contributed by atoms with Crippen LogP contribution in [0.2, 0.25) is 5.02 Å². The van der Waals surface area contributed by atoms with Gasteiger partial charge in [-0.3, -0.25) is 4.79 Å². The summed E-state index contributed by atoms with van der Waals surface area (Å²) in [6.07, 6.45) is 0.183. The zero-order valence-corrected chi connectivity index (χ0v) is 13.2. The van der Waals surface area contributed by atoms with Gasteiger partial charge in [0.2, 0.25) is 5.91 Å². The normalized spacial score (nSPS) is 10.9. The number of amides is 1. The molecule has 1 aromatic rings. The highest BCUT2D eigenvalue weighted by Gasteiger charge is 2.22. The van der Waals surface area contributed by atoms with Crippen LogP contribution in [0.3, 0.4) is 0 Å². The van der Waals surface area contributed by atoms with Crippen molar-refractivity contribution in [1.82, 2.24) is 0 Å². The third-order valence-corrected chi connectivity index (χ3v) is 3.90. The van der Waals surface area contributed by atoms with Gasteiger partial charge >= 0.3 is 0 Å². The van der Waals surface area contributed by atoms with Gasteiger partial charge in [0.05, 0.1) is 28.3 Å². The van der Waals surface area contributed by atoms with Gasteiger partial charge in [0.25, 0.3) is 0 Å². The first-order valence-corrected chi connectivity index (χ1v) is 6.71. The first kappa shape index (κ1) is 16.0. The molecular weight excluding hydrogens is 332 g/mol. The molecule has 0 saturated heterocycles. The standard InChI is InChI=1S/C13H14BrClN2O2/c1-13(2,19-3)6-11(18)17-10-5-4-9(14)12(15)8(10)7-16/h4-5H,6H2,1-3H3,(H,17,18). The fourth-order valence-corrected chi connectivity index (χ4v) is 1.95. The van der Waals surface area contributed by atoms with Gasteiger partial charge in [-0.2, -0.15) is 5.26 Å². The molecule has 0 aliphatic carbocycles. The van der Waals surface area contributed by atoms with Gasteiger partial charge in [-0.05, 0) is 41.9 Å². The number of nitriles is 1. The van der Waals surface area contributed by atoms with Gasteiger partial charge in [0, 0.05) is 11.6 Å². The fraction of sp³-hybridized carbons (Fsp3) is 0.385. The largest absolute Gasteiger partial charge is 0.378 e. The average Bonchev–Trinajstić information content (AvgIpc) is 2.33. The number of hydrogen-bond acceptors (Lipinski definition) is 3. The second-order valence-corrected chi connectivity index (χ2v) is 5.82. The third-order valence-electron chi connectivity index (χ3n) is 2.62. The van der Waals surface area contributed by atoms with Crippen molar-refractivity contribution >= 4 is 39.1 Å². The molecule has 102 valence electrons. The summed E-state index contributed by atoms with van der Waals surface area (Å²) in [7, 11) is 1.55. The number of carbonyl (C=O) groups excluding carboxylic acids is 1. The average molecular weight is 346 g/mol. The Balaban J connectivity index is 2.93. The zero-order valence-electron chi connectivity index (χ0n) is 10.9. The Bertz CT molecular complexity index is 538. The van der Waals surface area contributed by atoms with E-state index in [0.29, 0.717) is 10.2 Å². The Hall–Kier alpha value is -1.09. The van der Waals surface area contributed by atoms with Crippen molar-refractivity contribution in [3.05, 3.63) is 27.2 Å². The molecule has 1 rings (SSSR count). The first-order valence-electron chi connectivity index (χ1n) is 5.54. The lowest BCUT2D eigenvalue weighted by Crippen LogP contribution is -2.29. The molecular formula is C13H14BrClN2O2. The van der Waals surface area contributed by atoms with Crippen LogP contribution in [-0.4, -0.2) is 18.6 Å². The fourth-order valence-electron chi connectivity index (χ4n) is 1.42. The second-order valence-electron chi connectivity index (χ2n) is 4.58. The van der Waals surface area contributed by atoms with Gasteiger partial charge in [-0.25, -0.2) is 0 Å². The SMILES string of the molecule is COC(C)(C)CC(=O)Nc1ccc(Br)c(Cl)c1C#N. The lowest BCUT2D eigenvalue weighted by atomic mass is 10.0. The van der Waals surface area contributed by atoms with E-state index in [-0.39, 0.29) is 22.9 Å². The van der Waals surface area contributed by atoms with Gasteiger partial charge in [0.1, 0.15) is 6.07 Å². The van der Waals surface area contributed by atoms with Crippen molar-refractivity contribution in [2.45, 2.75) is 25.9 Å². The molecule has 0 radical (unpaired) electrons. The zero-order chi connectivity index (χ0) is 14.6. The maximum Gasteiger partial charge on any atom is 0.227 e. The summed E-state index contributed by atoms with van der Waals surface area (Å²) in [5.41, 5.74) is 0.0722. The number of hydrogen-bond donors (Lipinski definition) is 1. The molecule has 0 saturated carbocycles. The number of benzene rings is 1. The van der Waals surface area contributed by atoms with E-state index in [9.17, 15) is 4.79 Å². The van der Waals surface area contributed by atoms with E-state index in [2.05, 4.69) is 21.2 Å². The van der Waals surface area contributed by atoms with Crippen LogP contribution >= 0.6 is 27.5 Å². The molecule has 4 nitrogen and oxygen atoms in total. The predicted octanol–water partition coefficient (Wildman–Crippen LogP) is 3.73. The highest BCUT2D eigenvalue weighted by molar-refractivity contribution is 9.10. The summed E-state index contributed by atoms with van der Waals surface area (Å²) in [5, 5.41) is 12.0. The minimum atomic E-state index is -0.559. The molecule has 6 heteroatoms. The molecule has 0 aliphatic rings. The Morgan fingerprint density at radius 1 is 1.58 bits per heavy atom. The number of rotatable bonds is 4. The minimum Gasteiger partial charge on any atom is -0.378 e. The molecule has 1 N–H and O–H groups in total. The molecule has 0 fully saturated rings. The Morgan fingerprint density at radius 2 is 2.21 bits per heavy atom. The smallest absolute Gasteiger partial charge is 0.227 e. The second kappa shape index (κ2) is 6.38. The number of nitrogens with zero attached hydrogens (tertiary/aromatic N) is 1. The molecule has 0 heterocycles. The number of nitrogens with one attached hydrogen (secondary N) is 1. The van der Waals surface area contributed by atoms with E-state index in [1.165, 1.54) is 0 Å². The molecule has 1 amide bonds. The van der Waals surface area contributed by atoms with E-state index in [4.69, 9.17) is 21.6 Å². The number of methoxy groups -OCH3 is 1. The van der Waals surface area contributed by atoms with E-state index in [1.54, 1.807) is 19.2 Å². The van der Waals surface area contributed by atoms with Gasteiger partial charge < -0.3 is 10.1 Å². The van der Waals surface area contributed by atoms with Crippen LogP contribution < -0.4 is 5.32 Å². The molecule has 0 atom stereocenters. The maximum absolute atomic E-state index is 11.9. The third kappa shape index (κ3) is 4.20. The van der Waals surface area contributed by atoms with Gasteiger partial charge in [-0.15, -0.1) is 0 Å². The molecule has 19 heavy (non-hydrogen) atoms. The quantitative estimate of drug-likeness (QED) is 0.904. The highest BCUT2D eigenvalue weighted by atomic mass is 79.9. The number of ether oxygens (including phenoxy) is 1. The first-order chi connectivity index (χ1) is 8.80. The van der Waals surface area contributed by atoms with E-state index >= 15 is 0 Å². The number of carbonyl (C=O) groups is 1. The Morgan fingerprint density at radius 3 is 2.74 bits per heavy atom. The summed E-state index contributed by atoms with van der Waals surface area (Å²) in [4.78, 5) is 11.9. The van der Waals surface area contributed by atoms with Crippen LogP contribution in [0.1, 0.15) is 25.8 Å². The summed E-state index contributed by atoms with van der Waals surface area (Å²) >= 11 is 9.23. The molecule has 1 aromatic carbocycles. The topological polar surface area (TPSA) is 62.1 Å². The molecule has 0 spiro atoms. The van der Waals surface area contributed by atoms with E-state index < -0.39 is 5.60 Å². The van der Waals surface area contributed by atoms with Crippen LogP contribution in [0.5, 0.6) is 0 Å². The Labute approximate surface area is 125 Å². The van der Waals surface area contributed by atoms with Crippen LogP contribution in [0.4, 0.5) is 5.69 Å². The summed E-state index contributed by atoms with van der Waals surface area (Å²) in [6, 6.07) is 5.29. The maximum atomic E-state index is 11.9. The Kier molecular flexibility index (Phi) is 5.36. The van der Waals surface area contributed by atoms with Crippen LogP contribution in [0.25, 0.3) is 0 Å². The summed E-state index contributed by atoms with van der Waals surface area (Å²) in [5.74, 6) is -0.235. The lowest BCUT2D eigenvalue weighted by Gasteiger charge is -2.22. The summed E-state index contributed by atoms with van der Waals surface area (Å²) < 4.78 is 5.80. The number of halogens is 2. The van der Waals surface area contributed by atoms with Gasteiger partial charge in [-0.1, -0.05) is 11.6 Å².